The van der Waals surface area contributed by atoms with Gasteiger partial charge in [-0.15, -0.1) is 0 Å². The monoisotopic (exact) mass is 218 g/mol. The lowest BCUT2D eigenvalue weighted by Gasteiger charge is -2.00. The lowest BCUT2D eigenvalue weighted by molar-refractivity contribution is 0.475. The van der Waals surface area contributed by atoms with Gasteiger partial charge in [-0.3, -0.25) is 0 Å². The van der Waals surface area contributed by atoms with Crippen molar-refractivity contribution in [3.63, 3.8) is 0 Å². The molecule has 0 spiro atoms. The van der Waals surface area contributed by atoms with Crippen LogP contribution in [-0.2, 0) is 6.42 Å². The number of nitrogen functional groups attached to an aromatic ring is 1. The molecule has 0 aliphatic rings. The highest BCUT2D eigenvalue weighted by atomic mass is 16.3. The van der Waals surface area contributed by atoms with Crippen molar-refractivity contribution < 1.29 is 5.11 Å². The molecule has 5 N–H and O–H groups in total. The minimum absolute atomic E-state index is 0.201. The summed E-state index contributed by atoms with van der Waals surface area (Å²) < 4.78 is 1.64. The molecule has 16 heavy (non-hydrogen) atoms. The van der Waals surface area contributed by atoms with Crippen molar-refractivity contribution in [3.8, 4) is 11.4 Å². The first kappa shape index (κ1) is 10.5. The first-order valence-electron chi connectivity index (χ1n) is 5.04. The average Bonchev–Trinajstić information content (AvgIpc) is 2.61. The van der Waals surface area contributed by atoms with E-state index in [4.69, 9.17) is 11.5 Å². The Morgan fingerprint density at radius 2 is 2.19 bits per heavy atom. The maximum atomic E-state index is 9.36. The van der Waals surface area contributed by atoms with Crippen LogP contribution in [-0.4, -0.2) is 21.4 Å². The van der Waals surface area contributed by atoms with Crippen LogP contribution in [0.3, 0.4) is 0 Å². The van der Waals surface area contributed by atoms with Crippen LogP contribution in [0.2, 0.25) is 0 Å². The molecule has 0 saturated heterocycles. The Hall–Kier alpha value is -2.01. The predicted molar refractivity (Wildman–Crippen MR) is 62.4 cm³/mol. The van der Waals surface area contributed by atoms with Gasteiger partial charge in [0, 0.05) is 17.8 Å². The molecule has 1 heterocycles. The van der Waals surface area contributed by atoms with Gasteiger partial charge in [0.05, 0.1) is 5.69 Å². The van der Waals surface area contributed by atoms with Gasteiger partial charge >= 0.3 is 0 Å². The summed E-state index contributed by atoms with van der Waals surface area (Å²) in [5.41, 5.74) is 12.9. The van der Waals surface area contributed by atoms with Crippen LogP contribution in [0.25, 0.3) is 5.69 Å². The molecule has 0 bridgehead atoms. The van der Waals surface area contributed by atoms with Gasteiger partial charge in [-0.05, 0) is 25.1 Å². The SMILES string of the molecule is NCCc1cn(-c2cccc(O)c2)nc1N. The Morgan fingerprint density at radius 3 is 2.88 bits per heavy atom. The largest absolute Gasteiger partial charge is 0.508 e. The normalized spacial score (nSPS) is 10.6. The van der Waals surface area contributed by atoms with Gasteiger partial charge in [0.2, 0.25) is 0 Å². The zero-order valence-electron chi connectivity index (χ0n) is 8.80. The van der Waals surface area contributed by atoms with Crippen molar-refractivity contribution in [1.29, 1.82) is 0 Å². The third-order valence-corrected chi connectivity index (χ3v) is 2.33. The summed E-state index contributed by atoms with van der Waals surface area (Å²) in [6.45, 7) is 0.538. The van der Waals surface area contributed by atoms with Crippen molar-refractivity contribution in [3.05, 3.63) is 36.0 Å². The number of nitrogens with zero attached hydrogens (tertiary/aromatic N) is 2. The molecule has 5 heteroatoms. The summed E-state index contributed by atoms with van der Waals surface area (Å²) in [5.74, 6) is 0.681. The highest BCUT2D eigenvalue weighted by Crippen LogP contribution is 2.17. The first-order chi connectivity index (χ1) is 7.70. The molecule has 1 aromatic carbocycles. The van der Waals surface area contributed by atoms with Crippen LogP contribution in [0.4, 0.5) is 5.82 Å². The van der Waals surface area contributed by atoms with E-state index >= 15 is 0 Å². The van der Waals surface area contributed by atoms with Gasteiger partial charge in [0.25, 0.3) is 0 Å². The molecule has 0 amide bonds. The average molecular weight is 218 g/mol. The number of hydrogen-bond acceptors (Lipinski definition) is 4. The topological polar surface area (TPSA) is 90.1 Å². The summed E-state index contributed by atoms with van der Waals surface area (Å²) in [7, 11) is 0. The smallest absolute Gasteiger partial charge is 0.149 e. The first-order valence-corrected chi connectivity index (χ1v) is 5.04. The van der Waals surface area contributed by atoms with E-state index in [1.54, 1.807) is 22.9 Å². The highest BCUT2D eigenvalue weighted by molar-refractivity contribution is 5.44. The predicted octanol–water partition coefficient (Wildman–Crippen LogP) is 0.661. The molecule has 84 valence electrons. The Bertz CT molecular complexity index is 492. The lowest BCUT2D eigenvalue weighted by atomic mass is 10.2. The van der Waals surface area contributed by atoms with Gasteiger partial charge in [-0.25, -0.2) is 4.68 Å². The molecule has 0 saturated carbocycles. The number of nitrogens with two attached hydrogens (primary N) is 2. The number of benzene rings is 1. The van der Waals surface area contributed by atoms with Gasteiger partial charge < -0.3 is 16.6 Å². The third kappa shape index (κ3) is 1.99. The van der Waals surface area contributed by atoms with E-state index in [9.17, 15) is 5.11 Å². The van der Waals surface area contributed by atoms with Crippen molar-refractivity contribution >= 4 is 5.82 Å². The van der Waals surface area contributed by atoms with Gasteiger partial charge in [-0.1, -0.05) is 6.07 Å². The summed E-state index contributed by atoms with van der Waals surface area (Å²) in [6.07, 6.45) is 2.53. The molecule has 2 aromatic rings. The number of anilines is 1. The quantitative estimate of drug-likeness (QED) is 0.706. The molecule has 2 rings (SSSR count). The van der Waals surface area contributed by atoms with Crippen LogP contribution in [0.15, 0.2) is 30.5 Å². The number of rotatable bonds is 3. The van der Waals surface area contributed by atoms with Crippen LogP contribution >= 0.6 is 0 Å². The Morgan fingerprint density at radius 1 is 1.38 bits per heavy atom. The summed E-state index contributed by atoms with van der Waals surface area (Å²) in [4.78, 5) is 0. The fourth-order valence-corrected chi connectivity index (χ4v) is 1.54. The Balaban J connectivity index is 2.37. The van der Waals surface area contributed by atoms with E-state index in [1.165, 1.54) is 0 Å². The van der Waals surface area contributed by atoms with Crippen molar-refractivity contribution in [2.24, 2.45) is 5.73 Å². The second-order valence-electron chi connectivity index (χ2n) is 3.54. The van der Waals surface area contributed by atoms with Crippen LogP contribution in [0.5, 0.6) is 5.75 Å². The molecule has 0 aliphatic heterocycles. The van der Waals surface area contributed by atoms with Crippen LogP contribution < -0.4 is 11.5 Å². The minimum atomic E-state index is 0.201. The molecular weight excluding hydrogens is 204 g/mol. The second-order valence-corrected chi connectivity index (χ2v) is 3.54. The number of aromatic nitrogens is 2. The Kier molecular flexibility index (Phi) is 2.78. The molecule has 0 aliphatic carbocycles. The van der Waals surface area contributed by atoms with E-state index in [0.29, 0.717) is 18.8 Å². The maximum absolute atomic E-state index is 9.36. The summed E-state index contributed by atoms with van der Waals surface area (Å²) in [5, 5.41) is 13.5. The van der Waals surface area contributed by atoms with E-state index in [1.807, 2.05) is 12.3 Å². The second kappa shape index (κ2) is 4.24. The number of aromatic hydroxyl groups is 1. The standard InChI is InChI=1S/C11H14N4O/c12-5-4-8-7-15(14-11(8)13)9-2-1-3-10(16)6-9/h1-3,6-7,16H,4-5,12H2,(H2,13,14). The maximum Gasteiger partial charge on any atom is 0.149 e. The third-order valence-electron chi connectivity index (χ3n) is 2.33. The molecule has 1 aromatic heterocycles. The zero-order valence-corrected chi connectivity index (χ0v) is 8.80. The van der Waals surface area contributed by atoms with Gasteiger partial charge in [0.15, 0.2) is 0 Å². The van der Waals surface area contributed by atoms with Crippen molar-refractivity contribution in [2.45, 2.75) is 6.42 Å². The van der Waals surface area contributed by atoms with E-state index in [2.05, 4.69) is 5.10 Å². The minimum Gasteiger partial charge on any atom is -0.508 e. The Labute approximate surface area is 93.3 Å². The number of phenolic OH excluding ortho intramolecular Hbond substituents is 1. The number of phenols is 1. The van der Waals surface area contributed by atoms with Gasteiger partial charge in [-0.2, -0.15) is 5.10 Å². The fourth-order valence-electron chi connectivity index (χ4n) is 1.54. The molecule has 5 nitrogen and oxygen atoms in total. The zero-order chi connectivity index (χ0) is 11.5. The molecule has 0 radical (unpaired) electrons. The van der Waals surface area contributed by atoms with E-state index in [0.717, 1.165) is 11.3 Å². The summed E-state index contributed by atoms with van der Waals surface area (Å²) >= 11 is 0. The van der Waals surface area contributed by atoms with E-state index < -0.39 is 0 Å². The molecule has 0 fully saturated rings. The van der Waals surface area contributed by atoms with Crippen molar-refractivity contribution in [2.75, 3.05) is 12.3 Å². The summed E-state index contributed by atoms with van der Waals surface area (Å²) in [6, 6.07) is 6.83. The highest BCUT2D eigenvalue weighted by Gasteiger charge is 2.06. The lowest BCUT2D eigenvalue weighted by Crippen LogP contribution is -2.03. The van der Waals surface area contributed by atoms with Crippen molar-refractivity contribution in [1.82, 2.24) is 9.78 Å². The molecule has 0 unspecified atom stereocenters. The van der Waals surface area contributed by atoms with E-state index in [-0.39, 0.29) is 5.75 Å². The molecule has 0 atom stereocenters. The molecular formula is C11H14N4O. The van der Waals surface area contributed by atoms with Crippen LogP contribution in [0, 0.1) is 0 Å². The van der Waals surface area contributed by atoms with Crippen LogP contribution in [0.1, 0.15) is 5.56 Å². The number of hydrogen-bond donors (Lipinski definition) is 3. The fraction of sp³-hybridized carbons (Fsp3) is 0.182. The van der Waals surface area contributed by atoms with Gasteiger partial charge in [0.1, 0.15) is 11.6 Å².